The van der Waals surface area contributed by atoms with Crippen LogP contribution in [-0.2, 0) is 0 Å². The molecule has 0 aliphatic rings. The first kappa shape index (κ1) is 16.4. The molecule has 0 fully saturated rings. The predicted octanol–water partition coefficient (Wildman–Crippen LogP) is 6.04. The van der Waals surface area contributed by atoms with E-state index in [0.717, 1.165) is 16.0 Å². The van der Waals surface area contributed by atoms with Crippen molar-refractivity contribution < 1.29 is 14.3 Å². The Bertz CT molecular complexity index is 879. The molecule has 122 valence electrons. The van der Waals surface area contributed by atoms with Crippen molar-refractivity contribution in [1.82, 2.24) is 0 Å². The van der Waals surface area contributed by atoms with E-state index in [9.17, 15) is 14.3 Å². The van der Waals surface area contributed by atoms with Gasteiger partial charge in [0, 0.05) is 20.9 Å². The topological polar surface area (TPSA) is 37.3 Å². The lowest BCUT2D eigenvalue weighted by molar-refractivity contribution is 0.0698. The Morgan fingerprint density at radius 2 is 1.71 bits per heavy atom. The van der Waals surface area contributed by atoms with Gasteiger partial charge in [0.15, 0.2) is 0 Å². The maximum Gasteiger partial charge on any atom is 0.336 e. The quantitative estimate of drug-likeness (QED) is 0.628. The number of carbonyl (C=O) groups is 1. The standard InChI is InChI=1S/C20H17FO2S/c1-12(2)18-11-17(13-7-9-14(21)10-8-13)19(24-18)15-5-3-4-6-16(15)20(22)23/h3-12H,1-2H3,(H,22,23). The van der Waals surface area contributed by atoms with Crippen LogP contribution in [0.4, 0.5) is 4.39 Å². The highest BCUT2D eigenvalue weighted by atomic mass is 32.1. The van der Waals surface area contributed by atoms with Gasteiger partial charge in [-0.3, -0.25) is 0 Å². The van der Waals surface area contributed by atoms with Crippen molar-refractivity contribution >= 4 is 17.3 Å². The first-order chi connectivity index (χ1) is 11.5. The van der Waals surface area contributed by atoms with E-state index in [-0.39, 0.29) is 11.4 Å². The largest absolute Gasteiger partial charge is 0.478 e. The van der Waals surface area contributed by atoms with Crippen LogP contribution < -0.4 is 0 Å². The lowest BCUT2D eigenvalue weighted by Crippen LogP contribution is -1.98. The van der Waals surface area contributed by atoms with Gasteiger partial charge in [-0.05, 0) is 35.7 Å². The number of carboxylic acid groups (broad SMARTS) is 1. The fourth-order valence-electron chi connectivity index (χ4n) is 2.61. The Morgan fingerprint density at radius 1 is 1.04 bits per heavy atom. The lowest BCUT2D eigenvalue weighted by atomic mass is 9.98. The molecule has 0 amide bonds. The summed E-state index contributed by atoms with van der Waals surface area (Å²) in [6.07, 6.45) is 0. The minimum Gasteiger partial charge on any atom is -0.478 e. The van der Waals surface area contributed by atoms with E-state index in [1.165, 1.54) is 17.0 Å². The summed E-state index contributed by atoms with van der Waals surface area (Å²) in [6, 6.07) is 15.4. The molecular formula is C20H17FO2S. The maximum atomic E-state index is 13.3. The van der Waals surface area contributed by atoms with Crippen LogP contribution in [0.3, 0.4) is 0 Å². The maximum absolute atomic E-state index is 13.3. The van der Waals surface area contributed by atoms with Crippen LogP contribution in [0.5, 0.6) is 0 Å². The summed E-state index contributed by atoms with van der Waals surface area (Å²) in [6.45, 7) is 4.21. The van der Waals surface area contributed by atoms with Crippen molar-refractivity contribution in [3.63, 3.8) is 0 Å². The van der Waals surface area contributed by atoms with Crippen molar-refractivity contribution in [2.45, 2.75) is 19.8 Å². The molecule has 1 heterocycles. The van der Waals surface area contributed by atoms with Crippen LogP contribution >= 0.6 is 11.3 Å². The van der Waals surface area contributed by atoms with E-state index >= 15 is 0 Å². The van der Waals surface area contributed by atoms with Crippen molar-refractivity contribution in [3.05, 3.63) is 70.9 Å². The average Bonchev–Trinajstić information content (AvgIpc) is 3.01. The first-order valence-electron chi connectivity index (χ1n) is 7.69. The zero-order chi connectivity index (χ0) is 17.3. The molecular weight excluding hydrogens is 323 g/mol. The van der Waals surface area contributed by atoms with Crippen molar-refractivity contribution in [3.8, 4) is 21.6 Å². The third-order valence-corrected chi connectivity index (χ3v) is 5.35. The molecule has 0 atom stereocenters. The summed E-state index contributed by atoms with van der Waals surface area (Å²) in [7, 11) is 0. The van der Waals surface area contributed by atoms with Crippen molar-refractivity contribution in [2.24, 2.45) is 0 Å². The third kappa shape index (κ3) is 3.10. The first-order valence-corrected chi connectivity index (χ1v) is 8.51. The van der Waals surface area contributed by atoms with Crippen molar-refractivity contribution in [2.75, 3.05) is 0 Å². The van der Waals surface area contributed by atoms with Gasteiger partial charge in [0.1, 0.15) is 5.82 Å². The van der Waals surface area contributed by atoms with Crippen LogP contribution in [0.15, 0.2) is 54.6 Å². The fraction of sp³-hybridized carbons (Fsp3) is 0.150. The molecule has 1 N–H and O–H groups in total. The molecule has 24 heavy (non-hydrogen) atoms. The fourth-order valence-corrected chi connectivity index (χ4v) is 3.83. The van der Waals surface area contributed by atoms with Gasteiger partial charge < -0.3 is 5.11 Å². The van der Waals surface area contributed by atoms with Crippen LogP contribution in [0, 0.1) is 5.82 Å². The Labute approximate surface area is 144 Å². The lowest BCUT2D eigenvalue weighted by Gasteiger charge is -2.07. The molecule has 0 saturated heterocycles. The highest BCUT2D eigenvalue weighted by Crippen LogP contribution is 2.42. The van der Waals surface area contributed by atoms with Gasteiger partial charge in [-0.1, -0.05) is 44.2 Å². The Balaban J connectivity index is 2.24. The van der Waals surface area contributed by atoms with E-state index in [1.807, 2.05) is 12.1 Å². The Kier molecular flexibility index (Phi) is 4.49. The van der Waals surface area contributed by atoms with Crippen LogP contribution in [0.25, 0.3) is 21.6 Å². The van der Waals surface area contributed by atoms with Crippen molar-refractivity contribution in [1.29, 1.82) is 0 Å². The number of benzene rings is 2. The van der Waals surface area contributed by atoms with Gasteiger partial charge in [-0.15, -0.1) is 11.3 Å². The van der Waals surface area contributed by atoms with Crippen LogP contribution in [0.1, 0.15) is 35.0 Å². The van der Waals surface area contributed by atoms with E-state index in [1.54, 1.807) is 35.6 Å². The van der Waals surface area contributed by atoms with Gasteiger partial charge in [-0.25, -0.2) is 9.18 Å². The summed E-state index contributed by atoms with van der Waals surface area (Å²) in [4.78, 5) is 13.7. The smallest absolute Gasteiger partial charge is 0.336 e. The highest BCUT2D eigenvalue weighted by Gasteiger charge is 2.19. The highest BCUT2D eigenvalue weighted by molar-refractivity contribution is 7.16. The molecule has 0 saturated carbocycles. The molecule has 3 aromatic rings. The monoisotopic (exact) mass is 340 g/mol. The normalized spacial score (nSPS) is 11.0. The molecule has 0 aliphatic heterocycles. The molecule has 0 radical (unpaired) electrons. The Morgan fingerprint density at radius 3 is 2.33 bits per heavy atom. The number of thiophene rings is 1. The summed E-state index contributed by atoms with van der Waals surface area (Å²) >= 11 is 1.59. The minimum atomic E-state index is -0.949. The second-order valence-corrected chi connectivity index (χ2v) is 6.99. The predicted molar refractivity (Wildman–Crippen MR) is 96.2 cm³/mol. The third-order valence-electron chi connectivity index (χ3n) is 3.88. The SMILES string of the molecule is CC(C)c1cc(-c2ccc(F)cc2)c(-c2ccccc2C(=O)O)s1. The molecule has 2 aromatic carbocycles. The summed E-state index contributed by atoms with van der Waals surface area (Å²) in [5.41, 5.74) is 2.80. The van der Waals surface area contributed by atoms with E-state index in [2.05, 4.69) is 19.9 Å². The van der Waals surface area contributed by atoms with E-state index in [4.69, 9.17) is 0 Å². The van der Waals surface area contributed by atoms with Crippen LogP contribution in [0.2, 0.25) is 0 Å². The summed E-state index contributed by atoms with van der Waals surface area (Å²) in [5, 5.41) is 9.50. The number of hydrogen-bond acceptors (Lipinski definition) is 2. The number of carboxylic acids is 1. The number of halogens is 1. The van der Waals surface area contributed by atoms with E-state index in [0.29, 0.717) is 11.5 Å². The minimum absolute atomic E-state index is 0.276. The molecule has 0 aliphatic carbocycles. The van der Waals surface area contributed by atoms with Gasteiger partial charge in [0.05, 0.1) is 5.56 Å². The van der Waals surface area contributed by atoms with Crippen LogP contribution in [-0.4, -0.2) is 11.1 Å². The second-order valence-electron chi connectivity index (χ2n) is 5.90. The molecule has 2 nitrogen and oxygen atoms in total. The van der Waals surface area contributed by atoms with Gasteiger partial charge in [0.25, 0.3) is 0 Å². The molecule has 3 rings (SSSR count). The Hall–Kier alpha value is -2.46. The van der Waals surface area contributed by atoms with Gasteiger partial charge in [0.2, 0.25) is 0 Å². The molecule has 0 unspecified atom stereocenters. The van der Waals surface area contributed by atoms with Gasteiger partial charge in [-0.2, -0.15) is 0 Å². The zero-order valence-electron chi connectivity index (χ0n) is 13.4. The number of rotatable bonds is 4. The zero-order valence-corrected chi connectivity index (χ0v) is 14.2. The number of hydrogen-bond donors (Lipinski definition) is 1. The van der Waals surface area contributed by atoms with E-state index < -0.39 is 5.97 Å². The molecule has 1 aromatic heterocycles. The second kappa shape index (κ2) is 6.57. The number of aromatic carboxylic acids is 1. The molecule has 4 heteroatoms. The average molecular weight is 340 g/mol. The van der Waals surface area contributed by atoms with Gasteiger partial charge >= 0.3 is 5.97 Å². The summed E-state index contributed by atoms with van der Waals surface area (Å²) in [5.74, 6) is -0.902. The summed E-state index contributed by atoms with van der Waals surface area (Å²) < 4.78 is 13.3. The molecule has 0 spiro atoms. The molecule has 0 bridgehead atoms.